The molecule has 1 fully saturated rings. The van der Waals surface area contributed by atoms with E-state index in [0.29, 0.717) is 12.2 Å². The lowest BCUT2D eigenvalue weighted by Crippen LogP contribution is -2.44. The zero-order chi connectivity index (χ0) is 20.1. The number of aromatic nitrogens is 1. The fourth-order valence-corrected chi connectivity index (χ4v) is 3.14. The van der Waals surface area contributed by atoms with Crippen molar-refractivity contribution in [3.05, 3.63) is 36.5 Å². The molecular formula is C17H23N3O6S. The molecule has 1 aromatic heterocycles. The molecular weight excluding hydrogens is 374 g/mol. The topological polar surface area (TPSA) is 129 Å². The molecule has 9 nitrogen and oxygen atoms in total. The largest absolute Gasteiger partial charge is 0.478 e. The van der Waals surface area contributed by atoms with Crippen molar-refractivity contribution in [2.24, 2.45) is 0 Å². The molecule has 1 aromatic rings. The number of amides is 1. The maximum absolute atomic E-state index is 12.0. The first-order valence-electron chi connectivity index (χ1n) is 8.15. The summed E-state index contributed by atoms with van der Waals surface area (Å²) in [6, 6.07) is 5.74. The number of nitrogens with zero attached hydrogens (tertiary/aromatic N) is 2. The first-order valence-corrected chi connectivity index (χ1v) is 9.03. The predicted molar refractivity (Wildman–Crippen MR) is 99.6 cm³/mol. The number of carboxylic acid groups (broad SMARTS) is 2. The summed E-state index contributed by atoms with van der Waals surface area (Å²) < 4.78 is 5.32. The van der Waals surface area contributed by atoms with Crippen molar-refractivity contribution in [2.75, 3.05) is 39.9 Å². The smallest absolute Gasteiger partial charge is 0.328 e. The van der Waals surface area contributed by atoms with Gasteiger partial charge in [0.2, 0.25) is 5.91 Å². The lowest BCUT2D eigenvalue weighted by Gasteiger charge is -2.29. The van der Waals surface area contributed by atoms with E-state index in [4.69, 9.17) is 14.9 Å². The summed E-state index contributed by atoms with van der Waals surface area (Å²) in [5.41, 5.74) is 0. The van der Waals surface area contributed by atoms with Crippen LogP contribution in [0.25, 0.3) is 0 Å². The highest BCUT2D eigenvalue weighted by atomic mass is 32.2. The number of thioether (sulfide) groups is 1. The minimum absolute atomic E-state index is 0.0437. The minimum Gasteiger partial charge on any atom is -0.478 e. The minimum atomic E-state index is -1.26. The molecule has 2 heterocycles. The van der Waals surface area contributed by atoms with Crippen LogP contribution in [0.15, 0.2) is 41.6 Å². The lowest BCUT2D eigenvalue weighted by molar-refractivity contribution is -0.134. The second kappa shape index (κ2) is 12.8. The van der Waals surface area contributed by atoms with E-state index in [2.05, 4.69) is 15.2 Å². The third-order valence-corrected chi connectivity index (χ3v) is 4.47. The van der Waals surface area contributed by atoms with Crippen LogP contribution >= 0.6 is 11.8 Å². The van der Waals surface area contributed by atoms with Crippen LogP contribution in [0.1, 0.15) is 0 Å². The molecule has 0 aliphatic carbocycles. The average Bonchev–Trinajstić information content (AvgIpc) is 2.67. The average molecular weight is 397 g/mol. The predicted octanol–water partition coefficient (Wildman–Crippen LogP) is 0.332. The van der Waals surface area contributed by atoms with E-state index < -0.39 is 11.9 Å². The standard InChI is InChI=1S/C13H19N3O2S.C4H4O4/c1-14-13(17)11(10-16-6-8-18-9-7-16)19-12-4-2-3-5-15-12;5-3(6)1-2-4(7)8/h2-5,11H,6-10H2,1H3,(H,14,17);1-2H,(H,5,6)(H,7,8)/b;2-1-. The number of carbonyl (C=O) groups excluding carboxylic acids is 1. The van der Waals surface area contributed by atoms with Gasteiger partial charge < -0.3 is 20.3 Å². The van der Waals surface area contributed by atoms with Crippen LogP contribution in [0.3, 0.4) is 0 Å². The fraction of sp³-hybridized carbons (Fsp3) is 0.412. The van der Waals surface area contributed by atoms with Crippen molar-refractivity contribution in [3.63, 3.8) is 0 Å². The van der Waals surface area contributed by atoms with Crippen molar-refractivity contribution in [2.45, 2.75) is 10.3 Å². The number of morpholine rings is 1. The highest BCUT2D eigenvalue weighted by Gasteiger charge is 2.23. The van der Waals surface area contributed by atoms with E-state index in [1.165, 1.54) is 11.8 Å². The number of ether oxygens (including phenoxy) is 1. The molecule has 0 aromatic carbocycles. The Morgan fingerprint density at radius 2 is 1.89 bits per heavy atom. The van der Waals surface area contributed by atoms with Crippen LogP contribution in [0.5, 0.6) is 0 Å². The van der Waals surface area contributed by atoms with E-state index in [9.17, 15) is 14.4 Å². The number of rotatable bonds is 7. The number of carboxylic acids is 2. The summed E-state index contributed by atoms with van der Waals surface area (Å²) >= 11 is 1.51. The molecule has 1 amide bonds. The number of aliphatic carboxylic acids is 2. The van der Waals surface area contributed by atoms with Crippen molar-refractivity contribution >= 4 is 29.6 Å². The van der Waals surface area contributed by atoms with Crippen LogP contribution in [0.2, 0.25) is 0 Å². The molecule has 2 rings (SSSR count). The number of carbonyl (C=O) groups is 3. The van der Waals surface area contributed by atoms with E-state index in [1.54, 1.807) is 13.2 Å². The monoisotopic (exact) mass is 397 g/mol. The first-order chi connectivity index (χ1) is 12.9. The van der Waals surface area contributed by atoms with Crippen molar-refractivity contribution in [1.82, 2.24) is 15.2 Å². The van der Waals surface area contributed by atoms with Crippen molar-refractivity contribution in [1.29, 1.82) is 0 Å². The molecule has 0 radical (unpaired) electrons. The zero-order valence-electron chi connectivity index (χ0n) is 14.9. The van der Waals surface area contributed by atoms with Crippen LogP contribution in [-0.4, -0.2) is 83.1 Å². The van der Waals surface area contributed by atoms with Crippen LogP contribution in [0.4, 0.5) is 0 Å². The van der Waals surface area contributed by atoms with Crippen molar-refractivity contribution in [3.8, 4) is 0 Å². The Morgan fingerprint density at radius 3 is 2.37 bits per heavy atom. The molecule has 1 aliphatic rings. The van der Waals surface area contributed by atoms with E-state index in [0.717, 1.165) is 37.9 Å². The molecule has 0 spiro atoms. The number of hydrogen-bond donors (Lipinski definition) is 3. The Morgan fingerprint density at radius 1 is 1.26 bits per heavy atom. The summed E-state index contributed by atoms with van der Waals surface area (Å²) in [7, 11) is 1.67. The molecule has 1 saturated heterocycles. The van der Waals surface area contributed by atoms with Gasteiger partial charge in [0, 0.05) is 45.0 Å². The van der Waals surface area contributed by atoms with Gasteiger partial charge in [0.1, 0.15) is 5.25 Å². The van der Waals surface area contributed by atoms with Crippen LogP contribution in [-0.2, 0) is 19.1 Å². The molecule has 0 saturated carbocycles. The zero-order valence-corrected chi connectivity index (χ0v) is 15.7. The molecule has 148 valence electrons. The Hall–Kier alpha value is -2.43. The Balaban J connectivity index is 0.000000387. The van der Waals surface area contributed by atoms with Crippen molar-refractivity contribution < 1.29 is 29.3 Å². The van der Waals surface area contributed by atoms with Gasteiger partial charge >= 0.3 is 11.9 Å². The van der Waals surface area contributed by atoms with Gasteiger partial charge in [0.05, 0.1) is 18.2 Å². The summed E-state index contributed by atoms with van der Waals surface area (Å²) in [6.45, 7) is 3.99. The Bertz CT molecular complexity index is 619. The second-order valence-electron chi connectivity index (χ2n) is 5.31. The van der Waals surface area contributed by atoms with Gasteiger partial charge in [-0.3, -0.25) is 9.69 Å². The highest BCUT2D eigenvalue weighted by molar-refractivity contribution is 8.00. The van der Waals surface area contributed by atoms with Crippen LogP contribution < -0.4 is 5.32 Å². The van der Waals surface area contributed by atoms with E-state index in [1.807, 2.05) is 18.2 Å². The maximum atomic E-state index is 12.0. The normalized spacial score (nSPS) is 15.4. The third-order valence-electron chi connectivity index (χ3n) is 3.34. The Labute approximate surface area is 161 Å². The quantitative estimate of drug-likeness (QED) is 0.440. The molecule has 0 bridgehead atoms. The number of pyridine rings is 1. The fourth-order valence-electron chi connectivity index (χ4n) is 2.06. The Kier molecular flexibility index (Phi) is 10.8. The van der Waals surface area contributed by atoms with Gasteiger partial charge in [-0.1, -0.05) is 17.8 Å². The highest BCUT2D eigenvalue weighted by Crippen LogP contribution is 2.22. The third kappa shape index (κ3) is 10.3. The van der Waals surface area contributed by atoms with Gasteiger partial charge in [-0.2, -0.15) is 0 Å². The van der Waals surface area contributed by atoms with E-state index >= 15 is 0 Å². The lowest BCUT2D eigenvalue weighted by atomic mass is 10.3. The maximum Gasteiger partial charge on any atom is 0.328 e. The molecule has 1 aliphatic heterocycles. The number of hydrogen-bond acceptors (Lipinski definition) is 7. The molecule has 10 heteroatoms. The van der Waals surface area contributed by atoms with Gasteiger partial charge in [-0.15, -0.1) is 0 Å². The van der Waals surface area contributed by atoms with Gasteiger partial charge in [0.15, 0.2) is 0 Å². The van der Waals surface area contributed by atoms with Gasteiger partial charge in [0.25, 0.3) is 0 Å². The van der Waals surface area contributed by atoms with Crippen LogP contribution in [0, 0.1) is 0 Å². The second-order valence-corrected chi connectivity index (χ2v) is 6.53. The molecule has 1 atom stereocenters. The first kappa shape index (κ1) is 22.6. The SMILES string of the molecule is CNC(=O)C(CN1CCOCC1)Sc1ccccn1.O=C(O)/C=C\C(=O)O. The van der Waals surface area contributed by atoms with Gasteiger partial charge in [-0.25, -0.2) is 14.6 Å². The molecule has 27 heavy (non-hydrogen) atoms. The summed E-state index contributed by atoms with van der Waals surface area (Å²) in [5.74, 6) is -2.47. The number of nitrogens with one attached hydrogen (secondary N) is 1. The van der Waals surface area contributed by atoms with Gasteiger partial charge in [-0.05, 0) is 12.1 Å². The summed E-state index contributed by atoms with van der Waals surface area (Å²) in [4.78, 5) is 37.6. The molecule has 1 unspecified atom stereocenters. The van der Waals surface area contributed by atoms with E-state index in [-0.39, 0.29) is 11.2 Å². The summed E-state index contributed by atoms with van der Waals surface area (Å²) in [6.07, 6.45) is 2.86. The molecule has 3 N–H and O–H groups in total. The summed E-state index contributed by atoms with van der Waals surface area (Å²) in [5, 5.41) is 19.1.